The van der Waals surface area contributed by atoms with Gasteiger partial charge in [-0.3, -0.25) is 10.1 Å². The summed E-state index contributed by atoms with van der Waals surface area (Å²) in [5, 5.41) is 8.78. The van der Waals surface area contributed by atoms with E-state index >= 15 is 0 Å². The molecule has 154 valence electrons. The van der Waals surface area contributed by atoms with E-state index in [1.807, 2.05) is 30.5 Å². The van der Waals surface area contributed by atoms with E-state index in [9.17, 15) is 0 Å². The van der Waals surface area contributed by atoms with Crippen LogP contribution in [-0.4, -0.2) is 43.2 Å². The van der Waals surface area contributed by atoms with Gasteiger partial charge >= 0.3 is 0 Å². The SMILES string of the molecule is Nc1cncc(-c2ccc3[nH]nc(-c4cc5c(N6CCCCC6)nccc5[nH]4)c3n2)c1. The van der Waals surface area contributed by atoms with Gasteiger partial charge in [-0.05, 0) is 49.6 Å². The summed E-state index contributed by atoms with van der Waals surface area (Å²) >= 11 is 0. The maximum absolute atomic E-state index is 5.90. The Morgan fingerprint density at radius 3 is 2.74 bits per heavy atom. The van der Waals surface area contributed by atoms with Gasteiger partial charge in [0, 0.05) is 42.6 Å². The number of rotatable bonds is 3. The second kappa shape index (κ2) is 7.09. The van der Waals surface area contributed by atoms with E-state index in [1.165, 1.54) is 19.3 Å². The van der Waals surface area contributed by atoms with Crippen LogP contribution in [0.25, 0.3) is 44.6 Å². The standard InChI is InChI=1S/C23H22N8/c24-15-10-14(12-25-13-15)17-4-5-19-21(28-17)22(30-29-19)20-11-16-18(27-20)6-7-26-23(16)31-8-2-1-3-9-31/h4-7,10-13,27H,1-3,8-9,24H2,(H,29,30). The second-order valence-electron chi connectivity index (χ2n) is 8.00. The smallest absolute Gasteiger partial charge is 0.137 e. The molecule has 0 bridgehead atoms. The zero-order valence-electron chi connectivity index (χ0n) is 17.0. The minimum atomic E-state index is 0.611. The molecule has 8 nitrogen and oxygen atoms in total. The number of nitrogen functional groups attached to an aromatic ring is 1. The molecule has 5 aromatic heterocycles. The highest BCUT2D eigenvalue weighted by atomic mass is 15.2. The Bertz CT molecular complexity index is 1390. The lowest BCUT2D eigenvalue weighted by molar-refractivity contribution is 0.575. The van der Waals surface area contributed by atoms with Crippen LogP contribution in [0.3, 0.4) is 0 Å². The average Bonchev–Trinajstić information content (AvgIpc) is 3.43. The first kappa shape index (κ1) is 17.9. The number of anilines is 2. The van der Waals surface area contributed by atoms with Crippen molar-refractivity contribution in [2.45, 2.75) is 19.3 Å². The number of nitrogens with zero attached hydrogens (tertiary/aromatic N) is 5. The Morgan fingerprint density at radius 2 is 1.87 bits per heavy atom. The molecule has 1 aliphatic heterocycles. The molecule has 5 aromatic rings. The second-order valence-corrected chi connectivity index (χ2v) is 8.00. The zero-order valence-corrected chi connectivity index (χ0v) is 17.0. The highest BCUT2D eigenvalue weighted by Crippen LogP contribution is 2.33. The number of nitrogens with one attached hydrogen (secondary N) is 2. The molecule has 0 aliphatic carbocycles. The van der Waals surface area contributed by atoms with Crippen LogP contribution in [0.4, 0.5) is 11.5 Å². The van der Waals surface area contributed by atoms with Gasteiger partial charge in [-0.2, -0.15) is 5.10 Å². The first-order valence-corrected chi connectivity index (χ1v) is 10.6. The predicted molar refractivity (Wildman–Crippen MR) is 123 cm³/mol. The quantitative estimate of drug-likeness (QED) is 0.412. The summed E-state index contributed by atoms with van der Waals surface area (Å²) in [7, 11) is 0. The van der Waals surface area contributed by atoms with Crippen LogP contribution in [0, 0.1) is 0 Å². The zero-order chi connectivity index (χ0) is 20.8. The summed E-state index contributed by atoms with van der Waals surface area (Å²) in [5.74, 6) is 1.04. The van der Waals surface area contributed by atoms with E-state index in [4.69, 9.17) is 15.7 Å². The van der Waals surface area contributed by atoms with Gasteiger partial charge in [-0.15, -0.1) is 0 Å². The van der Waals surface area contributed by atoms with Gasteiger partial charge < -0.3 is 15.6 Å². The third-order valence-electron chi connectivity index (χ3n) is 5.90. The molecular weight excluding hydrogens is 388 g/mol. The molecule has 6 rings (SSSR count). The van der Waals surface area contributed by atoms with Crippen molar-refractivity contribution in [2.24, 2.45) is 0 Å². The van der Waals surface area contributed by atoms with Gasteiger partial charge in [0.25, 0.3) is 0 Å². The molecular formula is C23H22N8. The fourth-order valence-corrected chi connectivity index (χ4v) is 4.37. The van der Waals surface area contributed by atoms with Crippen molar-refractivity contribution in [3.63, 3.8) is 0 Å². The normalized spacial score (nSPS) is 14.5. The predicted octanol–water partition coefficient (Wildman–Crippen LogP) is 4.14. The van der Waals surface area contributed by atoms with Crippen molar-refractivity contribution >= 4 is 33.4 Å². The van der Waals surface area contributed by atoms with Crippen LogP contribution in [0.1, 0.15) is 19.3 Å². The number of aromatic amines is 2. The van der Waals surface area contributed by atoms with Crippen LogP contribution in [0.5, 0.6) is 0 Å². The molecule has 4 N–H and O–H groups in total. The van der Waals surface area contributed by atoms with E-state index in [0.717, 1.165) is 63.5 Å². The van der Waals surface area contributed by atoms with Gasteiger partial charge in [-0.25, -0.2) is 9.97 Å². The summed E-state index contributed by atoms with van der Waals surface area (Å²) in [6.07, 6.45) is 8.99. The molecule has 0 aromatic carbocycles. The molecule has 0 amide bonds. The van der Waals surface area contributed by atoms with Crippen molar-refractivity contribution in [2.75, 3.05) is 23.7 Å². The number of pyridine rings is 3. The largest absolute Gasteiger partial charge is 0.397 e. The Morgan fingerprint density at radius 1 is 0.968 bits per heavy atom. The fourth-order valence-electron chi connectivity index (χ4n) is 4.37. The van der Waals surface area contributed by atoms with Crippen LogP contribution >= 0.6 is 0 Å². The first-order chi connectivity index (χ1) is 15.3. The minimum Gasteiger partial charge on any atom is -0.397 e. The fraction of sp³-hybridized carbons (Fsp3) is 0.217. The molecule has 8 heteroatoms. The van der Waals surface area contributed by atoms with Crippen LogP contribution < -0.4 is 10.6 Å². The molecule has 0 unspecified atom stereocenters. The Balaban J connectivity index is 1.46. The van der Waals surface area contributed by atoms with Crippen molar-refractivity contribution in [3.05, 3.63) is 48.9 Å². The van der Waals surface area contributed by atoms with Gasteiger partial charge in [0.05, 0.1) is 28.1 Å². The van der Waals surface area contributed by atoms with Crippen molar-refractivity contribution in [1.82, 2.24) is 30.1 Å². The Kier molecular flexibility index (Phi) is 4.09. The van der Waals surface area contributed by atoms with Crippen LogP contribution in [-0.2, 0) is 0 Å². The summed E-state index contributed by atoms with van der Waals surface area (Å²) in [5.41, 5.74) is 12.6. The van der Waals surface area contributed by atoms with Crippen molar-refractivity contribution < 1.29 is 0 Å². The van der Waals surface area contributed by atoms with Crippen molar-refractivity contribution in [1.29, 1.82) is 0 Å². The molecule has 31 heavy (non-hydrogen) atoms. The number of nitrogens with two attached hydrogens (primary N) is 1. The Hall–Kier alpha value is -3.94. The lowest BCUT2D eigenvalue weighted by Gasteiger charge is -2.28. The van der Waals surface area contributed by atoms with Crippen LogP contribution in [0.15, 0.2) is 48.9 Å². The average molecular weight is 410 g/mol. The third kappa shape index (κ3) is 3.07. The van der Waals surface area contributed by atoms with Crippen molar-refractivity contribution in [3.8, 4) is 22.6 Å². The minimum absolute atomic E-state index is 0.611. The number of hydrogen-bond acceptors (Lipinski definition) is 6. The highest BCUT2D eigenvalue weighted by Gasteiger charge is 2.19. The summed E-state index contributed by atoms with van der Waals surface area (Å²) < 4.78 is 0. The molecule has 6 heterocycles. The van der Waals surface area contributed by atoms with Gasteiger partial charge in [-0.1, -0.05) is 0 Å². The number of hydrogen-bond donors (Lipinski definition) is 3. The molecule has 0 saturated carbocycles. The maximum atomic E-state index is 5.90. The molecule has 0 radical (unpaired) electrons. The first-order valence-electron chi connectivity index (χ1n) is 10.6. The summed E-state index contributed by atoms with van der Waals surface area (Å²) in [6, 6.07) is 9.96. The maximum Gasteiger partial charge on any atom is 0.137 e. The third-order valence-corrected chi connectivity index (χ3v) is 5.90. The highest BCUT2D eigenvalue weighted by molar-refractivity contribution is 5.98. The van der Waals surface area contributed by atoms with E-state index in [1.54, 1.807) is 12.4 Å². The lowest BCUT2D eigenvalue weighted by atomic mass is 10.1. The van der Waals surface area contributed by atoms with E-state index < -0.39 is 0 Å². The number of piperidine rings is 1. The summed E-state index contributed by atoms with van der Waals surface area (Å²) in [6.45, 7) is 2.11. The van der Waals surface area contributed by atoms with E-state index in [2.05, 4.69) is 31.1 Å². The van der Waals surface area contributed by atoms with E-state index in [0.29, 0.717) is 5.69 Å². The number of fused-ring (bicyclic) bond motifs is 2. The molecule has 0 atom stereocenters. The number of aromatic nitrogens is 6. The van der Waals surface area contributed by atoms with Gasteiger partial charge in [0.1, 0.15) is 17.0 Å². The molecule has 1 aliphatic rings. The molecule has 1 saturated heterocycles. The number of H-pyrrole nitrogens is 2. The molecule has 0 spiro atoms. The summed E-state index contributed by atoms with van der Waals surface area (Å²) in [4.78, 5) is 19.6. The van der Waals surface area contributed by atoms with E-state index in [-0.39, 0.29) is 0 Å². The molecule has 1 fully saturated rings. The monoisotopic (exact) mass is 410 g/mol. The van der Waals surface area contributed by atoms with Gasteiger partial charge in [0.2, 0.25) is 0 Å². The van der Waals surface area contributed by atoms with Crippen LogP contribution in [0.2, 0.25) is 0 Å². The lowest BCUT2D eigenvalue weighted by Crippen LogP contribution is -2.30. The van der Waals surface area contributed by atoms with Gasteiger partial charge in [0.15, 0.2) is 0 Å². The topological polar surface area (TPSA) is 112 Å². The Labute approximate surface area is 178 Å².